The first-order chi connectivity index (χ1) is 19.0. The Balaban J connectivity index is 1.55. The summed E-state index contributed by atoms with van der Waals surface area (Å²) < 4.78 is 30.2. The Morgan fingerprint density at radius 2 is 1.60 bits per heavy atom. The SMILES string of the molecule is CC(C)c1ccc(CNC(=O)[C@H]2C[C@H](Cn3cc(C(=O)O)nn3)CCN2S(=O)(=O)c2ccc(C(C)C)cc2)cc1. The number of aromatic carboxylic acids is 1. The largest absolute Gasteiger partial charge is 0.476 e. The first-order valence-corrected chi connectivity index (χ1v) is 15.0. The topological polar surface area (TPSA) is 134 Å². The molecular formula is C29H37N5O5S. The van der Waals surface area contributed by atoms with Gasteiger partial charge in [-0.25, -0.2) is 13.2 Å². The smallest absolute Gasteiger partial charge is 0.358 e. The fourth-order valence-electron chi connectivity index (χ4n) is 4.95. The maximum Gasteiger partial charge on any atom is 0.358 e. The van der Waals surface area contributed by atoms with Crippen LogP contribution in [0.1, 0.15) is 79.6 Å². The normalized spacial score (nSPS) is 18.2. The highest BCUT2D eigenvalue weighted by atomic mass is 32.2. The molecule has 2 N–H and O–H groups in total. The Labute approximate surface area is 235 Å². The lowest BCUT2D eigenvalue weighted by Crippen LogP contribution is -2.53. The molecule has 2 heterocycles. The Morgan fingerprint density at radius 1 is 1.00 bits per heavy atom. The molecule has 0 spiro atoms. The number of nitrogens with zero attached hydrogens (tertiary/aromatic N) is 4. The van der Waals surface area contributed by atoms with E-state index >= 15 is 0 Å². The number of sulfonamides is 1. The summed E-state index contributed by atoms with van der Waals surface area (Å²) >= 11 is 0. The summed E-state index contributed by atoms with van der Waals surface area (Å²) in [5.41, 5.74) is 2.99. The molecule has 3 aromatic rings. The van der Waals surface area contributed by atoms with E-state index in [1.54, 1.807) is 12.1 Å². The van der Waals surface area contributed by atoms with Crippen molar-refractivity contribution in [1.29, 1.82) is 0 Å². The van der Waals surface area contributed by atoms with Crippen LogP contribution in [0.15, 0.2) is 59.6 Å². The summed E-state index contributed by atoms with van der Waals surface area (Å²) in [6.07, 6.45) is 2.10. The molecule has 1 aliphatic rings. The van der Waals surface area contributed by atoms with E-state index in [-0.39, 0.29) is 47.8 Å². The van der Waals surface area contributed by atoms with E-state index in [9.17, 15) is 18.0 Å². The number of amides is 1. The Kier molecular flexibility index (Phi) is 9.05. The van der Waals surface area contributed by atoms with Gasteiger partial charge in [0.2, 0.25) is 15.9 Å². The second kappa shape index (κ2) is 12.3. The van der Waals surface area contributed by atoms with Crippen LogP contribution in [-0.4, -0.2) is 57.3 Å². The zero-order chi connectivity index (χ0) is 29.0. The summed E-state index contributed by atoms with van der Waals surface area (Å²) in [4.78, 5) is 24.9. The van der Waals surface area contributed by atoms with Crippen LogP contribution in [0.5, 0.6) is 0 Å². The monoisotopic (exact) mass is 567 g/mol. The number of aromatic nitrogens is 3. The maximum atomic E-state index is 13.8. The highest BCUT2D eigenvalue weighted by Gasteiger charge is 2.41. The van der Waals surface area contributed by atoms with Gasteiger partial charge >= 0.3 is 5.97 Å². The lowest BCUT2D eigenvalue weighted by atomic mass is 9.92. The average Bonchev–Trinajstić information content (AvgIpc) is 3.40. The van der Waals surface area contributed by atoms with Crippen LogP contribution in [0.3, 0.4) is 0 Å². The first-order valence-electron chi connectivity index (χ1n) is 13.6. The number of nitrogens with one attached hydrogen (secondary N) is 1. The molecule has 214 valence electrons. The third-order valence-corrected chi connectivity index (χ3v) is 9.36. The molecule has 0 saturated carbocycles. The molecule has 2 atom stereocenters. The quantitative estimate of drug-likeness (QED) is 0.378. The molecule has 4 rings (SSSR count). The van der Waals surface area contributed by atoms with Crippen molar-refractivity contribution in [3.8, 4) is 0 Å². The van der Waals surface area contributed by atoms with Gasteiger partial charge in [0.05, 0.1) is 11.1 Å². The van der Waals surface area contributed by atoms with Crippen LogP contribution in [0.2, 0.25) is 0 Å². The van der Waals surface area contributed by atoms with E-state index in [0.717, 1.165) is 11.1 Å². The van der Waals surface area contributed by atoms with Crippen LogP contribution in [0.4, 0.5) is 0 Å². The summed E-state index contributed by atoms with van der Waals surface area (Å²) in [6.45, 7) is 9.07. The van der Waals surface area contributed by atoms with Crippen molar-refractivity contribution >= 4 is 21.9 Å². The number of carboxylic acid groups (broad SMARTS) is 1. The highest BCUT2D eigenvalue weighted by molar-refractivity contribution is 7.89. The van der Waals surface area contributed by atoms with Crippen molar-refractivity contribution in [2.75, 3.05) is 6.54 Å². The molecule has 10 nitrogen and oxygen atoms in total. The Bertz CT molecular complexity index is 1430. The number of hydrogen-bond acceptors (Lipinski definition) is 6. The summed E-state index contributed by atoms with van der Waals surface area (Å²) in [5.74, 6) is -0.981. The molecule has 1 aliphatic heterocycles. The van der Waals surface area contributed by atoms with Crippen molar-refractivity contribution in [3.05, 3.63) is 77.1 Å². The predicted molar refractivity (Wildman–Crippen MR) is 150 cm³/mol. The molecule has 1 fully saturated rings. The number of benzene rings is 2. The molecule has 0 aliphatic carbocycles. The lowest BCUT2D eigenvalue weighted by Gasteiger charge is -2.37. The van der Waals surface area contributed by atoms with Crippen LogP contribution >= 0.6 is 0 Å². The molecule has 1 saturated heterocycles. The van der Waals surface area contributed by atoms with Crippen molar-refractivity contribution in [1.82, 2.24) is 24.6 Å². The lowest BCUT2D eigenvalue weighted by molar-refractivity contribution is -0.126. The van der Waals surface area contributed by atoms with Gasteiger partial charge in [0, 0.05) is 19.6 Å². The van der Waals surface area contributed by atoms with Gasteiger partial charge in [-0.05, 0) is 59.4 Å². The molecule has 1 amide bonds. The van der Waals surface area contributed by atoms with Gasteiger partial charge in [-0.3, -0.25) is 9.48 Å². The zero-order valence-electron chi connectivity index (χ0n) is 23.3. The van der Waals surface area contributed by atoms with E-state index in [0.29, 0.717) is 18.9 Å². The minimum absolute atomic E-state index is 0.0980. The molecule has 40 heavy (non-hydrogen) atoms. The molecule has 11 heteroatoms. The first kappa shape index (κ1) is 29.4. The molecular weight excluding hydrogens is 530 g/mol. The van der Waals surface area contributed by atoms with E-state index in [1.165, 1.54) is 20.7 Å². The van der Waals surface area contributed by atoms with Crippen LogP contribution in [-0.2, 0) is 27.9 Å². The zero-order valence-corrected chi connectivity index (χ0v) is 24.1. The van der Waals surface area contributed by atoms with E-state index in [2.05, 4.69) is 29.5 Å². The van der Waals surface area contributed by atoms with Gasteiger partial charge in [-0.2, -0.15) is 4.31 Å². The third-order valence-electron chi connectivity index (χ3n) is 7.43. The Morgan fingerprint density at radius 3 is 2.15 bits per heavy atom. The fourth-order valence-corrected chi connectivity index (χ4v) is 6.56. The van der Waals surface area contributed by atoms with E-state index < -0.39 is 22.0 Å². The van der Waals surface area contributed by atoms with Crippen LogP contribution in [0.25, 0.3) is 0 Å². The number of piperidine rings is 1. The van der Waals surface area contributed by atoms with Gasteiger partial charge in [-0.15, -0.1) is 5.10 Å². The number of carboxylic acids is 1. The Hall–Kier alpha value is -3.57. The van der Waals surface area contributed by atoms with Crippen molar-refractivity contribution in [2.45, 2.75) is 76.4 Å². The summed E-state index contributed by atoms with van der Waals surface area (Å²) in [7, 11) is -3.94. The van der Waals surface area contributed by atoms with Crippen LogP contribution in [0, 0.1) is 5.92 Å². The number of carbonyl (C=O) groups is 2. The summed E-state index contributed by atoms with van der Waals surface area (Å²) in [5, 5.41) is 19.6. The van der Waals surface area contributed by atoms with E-state index in [1.807, 2.05) is 50.2 Å². The minimum Gasteiger partial charge on any atom is -0.476 e. The van der Waals surface area contributed by atoms with Gasteiger partial charge < -0.3 is 10.4 Å². The van der Waals surface area contributed by atoms with E-state index in [4.69, 9.17) is 5.11 Å². The molecule has 0 bridgehead atoms. The maximum absolute atomic E-state index is 13.8. The van der Waals surface area contributed by atoms with Crippen LogP contribution < -0.4 is 5.32 Å². The van der Waals surface area contributed by atoms with Crippen molar-refractivity contribution < 1.29 is 23.1 Å². The number of hydrogen-bond donors (Lipinski definition) is 2. The number of rotatable bonds is 10. The van der Waals surface area contributed by atoms with Gasteiger partial charge in [-0.1, -0.05) is 69.3 Å². The van der Waals surface area contributed by atoms with Crippen molar-refractivity contribution in [3.63, 3.8) is 0 Å². The standard InChI is InChI=1S/C29H37N5O5S/c1-19(2)23-7-5-21(6-8-23)16-30-28(35)27-15-22(17-33-18-26(29(36)37)31-32-33)13-14-34(27)40(38,39)25-11-9-24(10-12-25)20(3)4/h5-12,18-20,22,27H,13-17H2,1-4H3,(H,30,35)(H,36,37)/t22-,27-/m1/s1. The highest BCUT2D eigenvalue weighted by Crippen LogP contribution is 2.30. The second-order valence-electron chi connectivity index (χ2n) is 11.0. The predicted octanol–water partition coefficient (Wildman–Crippen LogP) is 4.01. The minimum atomic E-state index is -3.94. The van der Waals surface area contributed by atoms with Crippen molar-refractivity contribution in [2.24, 2.45) is 5.92 Å². The van der Waals surface area contributed by atoms with Gasteiger partial charge in [0.25, 0.3) is 0 Å². The molecule has 0 radical (unpaired) electrons. The van der Waals surface area contributed by atoms with Gasteiger partial charge in [0.15, 0.2) is 5.69 Å². The molecule has 1 aromatic heterocycles. The third kappa shape index (κ3) is 6.76. The average molecular weight is 568 g/mol. The molecule has 0 unspecified atom stereocenters. The second-order valence-corrected chi connectivity index (χ2v) is 12.9. The summed E-state index contributed by atoms with van der Waals surface area (Å²) in [6, 6.07) is 13.9. The number of carbonyl (C=O) groups excluding carboxylic acids is 1. The fraction of sp³-hybridized carbons (Fsp3) is 0.448. The molecule has 2 aromatic carbocycles. The van der Waals surface area contributed by atoms with Gasteiger partial charge in [0.1, 0.15) is 6.04 Å².